The van der Waals surface area contributed by atoms with Gasteiger partial charge in [0.1, 0.15) is 23.1 Å². The van der Waals surface area contributed by atoms with Crippen molar-refractivity contribution in [1.82, 2.24) is 4.98 Å². The normalized spacial score (nSPS) is 9.64. The van der Waals surface area contributed by atoms with Gasteiger partial charge in [0.25, 0.3) is 0 Å². The summed E-state index contributed by atoms with van der Waals surface area (Å²) in [7, 11) is 0. The number of hydrogen-bond acceptors (Lipinski definition) is 3. The molecule has 0 aliphatic rings. The molecule has 25 heavy (non-hydrogen) atoms. The van der Waals surface area contributed by atoms with Crippen LogP contribution >= 0.6 is 0 Å². The van der Waals surface area contributed by atoms with E-state index in [1.54, 1.807) is 24.4 Å². The van der Waals surface area contributed by atoms with Crippen LogP contribution in [-0.2, 0) is 0 Å². The summed E-state index contributed by atoms with van der Waals surface area (Å²) in [4.78, 5) is 3.92. The first-order chi connectivity index (χ1) is 12.1. The highest BCUT2D eigenvalue weighted by molar-refractivity contribution is 5.48. The summed E-state index contributed by atoms with van der Waals surface area (Å²) in [5, 5.41) is 8.85. The summed E-state index contributed by atoms with van der Waals surface area (Å²) in [5.74, 6) is 5.14. The van der Waals surface area contributed by atoms with E-state index in [9.17, 15) is 8.78 Å². The van der Waals surface area contributed by atoms with Crippen molar-refractivity contribution in [3.63, 3.8) is 0 Å². The minimum absolute atomic E-state index is 0.171. The van der Waals surface area contributed by atoms with Gasteiger partial charge in [0.2, 0.25) is 0 Å². The lowest BCUT2D eigenvalue weighted by atomic mass is 10.1. The number of nitrogens with zero attached hydrogens (tertiary/aromatic N) is 2. The Hall–Kier alpha value is -3.70. The first-order valence-corrected chi connectivity index (χ1v) is 7.23. The third kappa shape index (κ3) is 4.40. The number of halogens is 2. The monoisotopic (exact) mass is 332 g/mol. The Kier molecular flexibility index (Phi) is 4.69. The number of hydrogen-bond donors (Lipinski definition) is 0. The Morgan fingerprint density at radius 2 is 1.52 bits per heavy atom. The molecular formula is C20H10F2N2O. The first-order valence-electron chi connectivity index (χ1n) is 7.23. The lowest BCUT2D eigenvalue weighted by molar-refractivity contribution is 0.474. The summed E-state index contributed by atoms with van der Waals surface area (Å²) < 4.78 is 32.7. The number of aromatic nitrogens is 1. The molecule has 0 aliphatic heterocycles. The highest BCUT2D eigenvalue weighted by atomic mass is 19.1. The largest absolute Gasteiger partial charge is 0.456 e. The van der Waals surface area contributed by atoms with Gasteiger partial charge >= 0.3 is 0 Å². The van der Waals surface area contributed by atoms with Crippen molar-refractivity contribution in [1.29, 1.82) is 5.26 Å². The van der Waals surface area contributed by atoms with Gasteiger partial charge in [-0.3, -0.25) is 4.98 Å². The van der Waals surface area contributed by atoms with Crippen LogP contribution in [0.1, 0.15) is 16.7 Å². The zero-order chi connectivity index (χ0) is 17.6. The van der Waals surface area contributed by atoms with Crippen LogP contribution in [0.5, 0.6) is 11.5 Å². The molecule has 3 rings (SSSR count). The van der Waals surface area contributed by atoms with E-state index in [-0.39, 0.29) is 11.3 Å². The van der Waals surface area contributed by atoms with E-state index in [1.165, 1.54) is 30.5 Å². The molecule has 1 heterocycles. The third-order valence-corrected chi connectivity index (χ3v) is 3.12. The molecule has 2 aromatic carbocycles. The minimum Gasteiger partial charge on any atom is -0.456 e. The Bertz CT molecular complexity index is 1020. The van der Waals surface area contributed by atoms with E-state index in [2.05, 4.69) is 16.8 Å². The molecule has 0 N–H and O–H groups in total. The van der Waals surface area contributed by atoms with Gasteiger partial charge in [-0.25, -0.2) is 8.78 Å². The van der Waals surface area contributed by atoms with Gasteiger partial charge in [0.05, 0.1) is 17.8 Å². The summed E-state index contributed by atoms with van der Waals surface area (Å²) in [6.07, 6.45) is 3.11. The van der Waals surface area contributed by atoms with Gasteiger partial charge in [-0.1, -0.05) is 11.8 Å². The van der Waals surface area contributed by atoms with Crippen molar-refractivity contribution in [2.24, 2.45) is 0 Å². The molecule has 0 radical (unpaired) electrons. The lowest BCUT2D eigenvalue weighted by Crippen LogP contribution is -1.88. The summed E-state index contributed by atoms with van der Waals surface area (Å²) in [5.41, 5.74) is 0.862. The van der Waals surface area contributed by atoms with Crippen LogP contribution in [0.4, 0.5) is 8.78 Å². The fourth-order valence-corrected chi connectivity index (χ4v) is 2.11. The maximum absolute atomic E-state index is 13.8. The summed E-state index contributed by atoms with van der Waals surface area (Å²) in [6, 6.07) is 13.1. The van der Waals surface area contributed by atoms with Crippen LogP contribution < -0.4 is 4.74 Å². The molecule has 0 bridgehead atoms. The van der Waals surface area contributed by atoms with Gasteiger partial charge in [-0.05, 0) is 42.5 Å². The van der Waals surface area contributed by atoms with E-state index in [0.717, 1.165) is 6.07 Å². The molecule has 3 aromatic rings. The summed E-state index contributed by atoms with van der Waals surface area (Å²) >= 11 is 0. The molecule has 0 fully saturated rings. The average molecular weight is 332 g/mol. The zero-order valence-corrected chi connectivity index (χ0v) is 12.8. The maximum Gasteiger partial charge on any atom is 0.145 e. The Labute approximate surface area is 143 Å². The van der Waals surface area contributed by atoms with E-state index in [0.29, 0.717) is 16.9 Å². The van der Waals surface area contributed by atoms with Crippen LogP contribution in [0.15, 0.2) is 60.9 Å². The molecule has 0 amide bonds. The van der Waals surface area contributed by atoms with E-state index < -0.39 is 11.6 Å². The molecule has 0 atom stereocenters. The second kappa shape index (κ2) is 7.25. The lowest BCUT2D eigenvalue weighted by Gasteiger charge is -2.05. The third-order valence-electron chi connectivity index (χ3n) is 3.12. The fourth-order valence-electron chi connectivity index (χ4n) is 2.11. The van der Waals surface area contributed by atoms with E-state index in [4.69, 9.17) is 10.00 Å². The fraction of sp³-hybridized carbons (Fsp3) is 0. The molecule has 0 unspecified atom stereocenters. The van der Waals surface area contributed by atoms with E-state index in [1.807, 2.05) is 6.07 Å². The molecule has 0 saturated heterocycles. The second-order valence-corrected chi connectivity index (χ2v) is 5.06. The van der Waals surface area contributed by atoms with Crippen molar-refractivity contribution < 1.29 is 13.5 Å². The maximum atomic E-state index is 13.8. The van der Waals surface area contributed by atoms with Gasteiger partial charge in [0.15, 0.2) is 0 Å². The minimum atomic E-state index is -0.553. The highest BCUT2D eigenvalue weighted by Gasteiger charge is 2.03. The van der Waals surface area contributed by atoms with Crippen LogP contribution in [0.25, 0.3) is 0 Å². The molecule has 1 aromatic heterocycles. The molecule has 5 heteroatoms. The number of ether oxygens (including phenoxy) is 1. The van der Waals surface area contributed by atoms with Gasteiger partial charge in [-0.2, -0.15) is 5.26 Å². The van der Waals surface area contributed by atoms with Crippen molar-refractivity contribution in [3.05, 3.63) is 89.2 Å². The highest BCUT2D eigenvalue weighted by Crippen LogP contribution is 2.22. The van der Waals surface area contributed by atoms with Crippen molar-refractivity contribution in [2.45, 2.75) is 0 Å². The van der Waals surface area contributed by atoms with Gasteiger partial charge < -0.3 is 4.74 Å². The topological polar surface area (TPSA) is 45.9 Å². The Balaban J connectivity index is 1.89. The van der Waals surface area contributed by atoms with Crippen LogP contribution in [0, 0.1) is 34.8 Å². The second-order valence-electron chi connectivity index (χ2n) is 5.06. The average Bonchev–Trinajstić information content (AvgIpc) is 2.60. The quantitative estimate of drug-likeness (QED) is 0.653. The molecule has 0 spiro atoms. The molecular weight excluding hydrogens is 322 g/mol. The Morgan fingerprint density at radius 1 is 0.840 bits per heavy atom. The Morgan fingerprint density at radius 3 is 2.20 bits per heavy atom. The summed E-state index contributed by atoms with van der Waals surface area (Å²) in [6.45, 7) is 0. The molecule has 0 aliphatic carbocycles. The SMILES string of the molecule is N#Cc1cc(F)cc(C#Cc2cc(F)cc(Oc3cccnc3)c2)c1. The van der Waals surface area contributed by atoms with Crippen molar-refractivity contribution in [3.8, 4) is 29.4 Å². The number of rotatable bonds is 2. The molecule has 120 valence electrons. The van der Waals surface area contributed by atoms with Crippen LogP contribution in [0.3, 0.4) is 0 Å². The number of pyridine rings is 1. The van der Waals surface area contributed by atoms with E-state index >= 15 is 0 Å². The van der Waals surface area contributed by atoms with Crippen LogP contribution in [-0.4, -0.2) is 4.98 Å². The van der Waals surface area contributed by atoms with Crippen molar-refractivity contribution >= 4 is 0 Å². The number of nitriles is 1. The zero-order valence-electron chi connectivity index (χ0n) is 12.8. The predicted molar refractivity (Wildman–Crippen MR) is 87.8 cm³/mol. The van der Waals surface area contributed by atoms with Crippen molar-refractivity contribution in [2.75, 3.05) is 0 Å². The smallest absolute Gasteiger partial charge is 0.145 e. The first kappa shape index (κ1) is 16.2. The standard InChI is InChI=1S/C20H10F2N2O/c21-17-7-14(6-16(9-17)12-23)3-4-15-8-18(22)11-20(10-15)25-19-2-1-5-24-13-19/h1-2,5-11,13H. The van der Waals surface area contributed by atoms with Gasteiger partial charge in [0, 0.05) is 23.4 Å². The predicted octanol–water partition coefficient (Wildman–Crippen LogP) is 4.42. The molecule has 0 saturated carbocycles. The van der Waals surface area contributed by atoms with Crippen LogP contribution in [0.2, 0.25) is 0 Å². The molecule has 3 nitrogen and oxygen atoms in total. The number of benzene rings is 2. The van der Waals surface area contributed by atoms with Gasteiger partial charge in [-0.15, -0.1) is 0 Å².